The highest BCUT2D eigenvalue weighted by molar-refractivity contribution is 7.60. The Kier molecular flexibility index (Phi) is 6.54. The molecule has 1 aromatic carbocycles. The minimum atomic E-state index is -4.65. The number of alkyl halides is 3. The zero-order chi connectivity index (χ0) is 26.4. The zero-order valence-corrected chi connectivity index (χ0v) is 20.5. The van der Waals surface area contributed by atoms with Crippen LogP contribution in [0.15, 0.2) is 30.3 Å². The molecule has 2 heterocycles. The first kappa shape index (κ1) is 25.6. The Morgan fingerprint density at radius 1 is 1.11 bits per heavy atom. The normalized spacial score (nSPS) is 22.6. The van der Waals surface area contributed by atoms with E-state index in [2.05, 4.69) is 15.3 Å². The average molecular weight is 525 g/mol. The van der Waals surface area contributed by atoms with Gasteiger partial charge in [-0.2, -0.15) is 18.2 Å². The van der Waals surface area contributed by atoms with Crippen LogP contribution in [-0.4, -0.2) is 57.3 Å². The minimum absolute atomic E-state index is 0.0478. The number of anilines is 1. The molecule has 2 aromatic rings. The van der Waals surface area contributed by atoms with Gasteiger partial charge in [0.05, 0.1) is 0 Å². The second kappa shape index (κ2) is 9.20. The smallest absolute Gasteiger partial charge is 0.433 e. The summed E-state index contributed by atoms with van der Waals surface area (Å²) in [6.07, 6.45) is -3.18. The van der Waals surface area contributed by atoms with Crippen LogP contribution in [0.1, 0.15) is 37.2 Å². The summed E-state index contributed by atoms with van der Waals surface area (Å²) in [5.41, 5.74) is -0.887. The van der Waals surface area contributed by atoms with E-state index in [1.165, 1.54) is 38.4 Å². The molecule has 2 fully saturated rings. The number of amides is 3. The lowest BCUT2D eigenvalue weighted by Crippen LogP contribution is -2.53. The molecule has 10 nitrogen and oxygen atoms in total. The summed E-state index contributed by atoms with van der Waals surface area (Å²) in [7, 11) is -0.847. The molecule has 4 rings (SSSR count). The quantitative estimate of drug-likeness (QED) is 0.449. The Morgan fingerprint density at radius 3 is 2.19 bits per heavy atom. The summed E-state index contributed by atoms with van der Waals surface area (Å²) in [6.45, 7) is 1.58. The highest BCUT2D eigenvalue weighted by atomic mass is 31.2. The number of nitrogens with zero attached hydrogens (tertiary/aromatic N) is 4. The Morgan fingerprint density at radius 2 is 1.69 bits per heavy atom. The number of carbonyl (C=O) groups excluding carboxylic acids is 3. The number of benzene rings is 1. The minimum Gasteiger partial charge on any atom is -0.439 e. The van der Waals surface area contributed by atoms with Crippen molar-refractivity contribution >= 4 is 30.9 Å². The molecule has 1 aromatic heterocycles. The number of hydrogen-bond acceptors (Lipinski definition) is 7. The van der Waals surface area contributed by atoms with Gasteiger partial charge in [0, 0.05) is 37.9 Å². The molecule has 1 N–H and O–H groups in total. The van der Waals surface area contributed by atoms with Crippen LogP contribution in [0.25, 0.3) is 0 Å². The number of rotatable bonds is 6. The Bertz CT molecular complexity index is 1240. The summed E-state index contributed by atoms with van der Waals surface area (Å²) in [6, 6.07) is 6.27. The topological polar surface area (TPSA) is 122 Å². The predicted octanol–water partition coefficient (Wildman–Crippen LogP) is 3.86. The van der Waals surface area contributed by atoms with Gasteiger partial charge in [-0.1, -0.05) is 6.92 Å². The maximum absolute atomic E-state index is 13.2. The molecule has 192 valence electrons. The molecule has 1 aliphatic carbocycles. The number of halogens is 3. The van der Waals surface area contributed by atoms with E-state index in [1.807, 2.05) is 0 Å². The summed E-state index contributed by atoms with van der Waals surface area (Å²) >= 11 is 0. The summed E-state index contributed by atoms with van der Waals surface area (Å²) < 4.78 is 59.9. The third-order valence-electron chi connectivity index (χ3n) is 6.04. The largest absolute Gasteiger partial charge is 0.439 e. The van der Waals surface area contributed by atoms with Crippen LogP contribution in [0.2, 0.25) is 0 Å². The highest BCUT2D eigenvalue weighted by Gasteiger charge is 2.52. The number of aromatic nitrogens is 2. The molecule has 0 bridgehead atoms. The molecular weight excluding hydrogens is 502 g/mol. The van der Waals surface area contributed by atoms with Crippen molar-refractivity contribution in [1.29, 1.82) is 0 Å². The highest BCUT2D eigenvalue weighted by Crippen LogP contribution is 2.55. The second-order valence-corrected chi connectivity index (χ2v) is 11.6. The molecule has 1 aliphatic heterocycles. The summed E-state index contributed by atoms with van der Waals surface area (Å²) in [4.78, 5) is 45.7. The summed E-state index contributed by atoms with van der Waals surface area (Å²) in [5.74, 6) is -4.50. The van der Waals surface area contributed by atoms with Crippen LogP contribution in [-0.2, 0) is 25.1 Å². The Labute approximate surface area is 204 Å². The van der Waals surface area contributed by atoms with E-state index in [-0.39, 0.29) is 35.2 Å². The number of carbonyl (C=O) groups is 3. The Balaban J connectivity index is 1.48. The average Bonchev–Trinajstić information content (AvgIpc) is 3.68. The van der Waals surface area contributed by atoms with E-state index in [9.17, 15) is 32.1 Å². The molecule has 0 spiro atoms. The Hall–Kier alpha value is -3.47. The lowest BCUT2D eigenvalue weighted by Gasteiger charge is -2.41. The molecule has 0 unspecified atom stereocenters. The number of ether oxygens (including phenoxy) is 1. The van der Waals surface area contributed by atoms with E-state index in [0.29, 0.717) is 18.9 Å². The van der Waals surface area contributed by atoms with Gasteiger partial charge in [-0.05, 0) is 37.1 Å². The summed E-state index contributed by atoms with van der Waals surface area (Å²) in [5, 5.41) is 2.46. The number of hydrogen-bond donors (Lipinski definition) is 1. The second-order valence-electron chi connectivity index (χ2n) is 8.47. The first-order valence-electron chi connectivity index (χ1n) is 11.0. The van der Waals surface area contributed by atoms with Crippen molar-refractivity contribution < 1.29 is 36.9 Å². The van der Waals surface area contributed by atoms with Gasteiger partial charge < -0.3 is 10.1 Å². The molecule has 1 saturated carbocycles. The van der Waals surface area contributed by atoms with Crippen LogP contribution < -0.4 is 10.1 Å². The molecule has 0 atom stereocenters. The van der Waals surface area contributed by atoms with Crippen LogP contribution in [0.4, 0.5) is 18.9 Å². The van der Waals surface area contributed by atoms with Gasteiger partial charge in [-0.3, -0.25) is 28.3 Å². The van der Waals surface area contributed by atoms with Crippen molar-refractivity contribution in [1.82, 2.24) is 19.3 Å². The van der Waals surface area contributed by atoms with Gasteiger partial charge in [0.1, 0.15) is 11.6 Å². The van der Waals surface area contributed by atoms with E-state index >= 15 is 0 Å². The van der Waals surface area contributed by atoms with Crippen molar-refractivity contribution in [3.05, 3.63) is 41.9 Å². The van der Waals surface area contributed by atoms with E-state index < -0.39 is 43.0 Å². The molecular formula is C22H23F3N5O5P. The van der Waals surface area contributed by atoms with Crippen LogP contribution in [0.5, 0.6) is 11.6 Å². The molecule has 3 amide bonds. The van der Waals surface area contributed by atoms with Crippen molar-refractivity contribution in [3.63, 3.8) is 0 Å². The molecule has 0 radical (unpaired) electrons. The van der Waals surface area contributed by atoms with Crippen molar-refractivity contribution in [3.8, 4) is 11.6 Å². The van der Waals surface area contributed by atoms with Gasteiger partial charge in [0.2, 0.25) is 11.8 Å². The predicted molar refractivity (Wildman–Crippen MR) is 121 cm³/mol. The lowest BCUT2D eigenvalue weighted by atomic mass is 10.1. The third-order valence-corrected chi connectivity index (χ3v) is 9.13. The van der Waals surface area contributed by atoms with Crippen LogP contribution in [0.3, 0.4) is 0 Å². The molecule has 1 saturated heterocycles. The third kappa shape index (κ3) is 4.79. The fourth-order valence-electron chi connectivity index (χ4n) is 3.74. The van der Waals surface area contributed by atoms with Crippen LogP contribution >= 0.6 is 7.44 Å². The molecule has 14 heteroatoms. The first-order chi connectivity index (χ1) is 16.8. The standard InChI is InChI=1S/C22H23F3N5O5P/c1-4-36(34)29(2)20(32)17(21(33)30(36)3)19(31)26-13-7-9-14(10-8-13)35-16-11-15(22(23,24)25)27-18(28-16)12-5-6-12/h7-12,17H,4-6H2,1-3H3,(H,26,31). The van der Waals surface area contributed by atoms with Gasteiger partial charge in [0.25, 0.3) is 19.3 Å². The van der Waals surface area contributed by atoms with E-state index in [1.54, 1.807) is 6.92 Å². The van der Waals surface area contributed by atoms with Gasteiger partial charge >= 0.3 is 6.18 Å². The van der Waals surface area contributed by atoms with Gasteiger partial charge in [-0.15, -0.1) is 0 Å². The lowest BCUT2D eigenvalue weighted by molar-refractivity contribution is -0.148. The fraction of sp³-hybridized carbons (Fsp3) is 0.409. The SMILES string of the molecule is CCP1(=O)N(C)C(=O)C(C(=O)Nc2ccc(Oc3cc(C(F)(F)F)nc(C4CC4)n3)cc2)C(=O)N1C. The molecule has 2 aliphatic rings. The van der Waals surface area contributed by atoms with Crippen molar-refractivity contribution in [2.45, 2.75) is 31.9 Å². The first-order valence-corrected chi connectivity index (χ1v) is 12.8. The zero-order valence-electron chi connectivity index (χ0n) is 19.6. The monoisotopic (exact) mass is 525 g/mol. The van der Waals surface area contributed by atoms with Crippen molar-refractivity contribution in [2.24, 2.45) is 5.92 Å². The van der Waals surface area contributed by atoms with Gasteiger partial charge in [-0.25, -0.2) is 4.98 Å². The van der Waals surface area contributed by atoms with Gasteiger partial charge in [0.15, 0.2) is 11.6 Å². The maximum atomic E-state index is 13.2. The van der Waals surface area contributed by atoms with Crippen molar-refractivity contribution in [2.75, 3.05) is 25.6 Å². The van der Waals surface area contributed by atoms with E-state index in [4.69, 9.17) is 4.74 Å². The fourth-order valence-corrected chi connectivity index (χ4v) is 5.84. The van der Waals surface area contributed by atoms with E-state index in [0.717, 1.165) is 9.34 Å². The maximum Gasteiger partial charge on any atom is 0.433 e. The van der Waals surface area contributed by atoms with Crippen LogP contribution in [0, 0.1) is 5.92 Å². The molecule has 36 heavy (non-hydrogen) atoms. The number of nitrogens with one attached hydrogen (secondary N) is 1.